The van der Waals surface area contributed by atoms with Crippen molar-refractivity contribution in [1.29, 1.82) is 0 Å². The molecule has 17 heavy (non-hydrogen) atoms. The Balaban J connectivity index is 2.26. The van der Waals surface area contributed by atoms with Crippen molar-refractivity contribution in [3.63, 3.8) is 0 Å². The first kappa shape index (κ1) is 14.1. The van der Waals surface area contributed by atoms with Gasteiger partial charge in [-0.25, -0.2) is 0 Å². The van der Waals surface area contributed by atoms with E-state index < -0.39 is 0 Å². The van der Waals surface area contributed by atoms with Gasteiger partial charge in [-0.3, -0.25) is 4.79 Å². The lowest BCUT2D eigenvalue weighted by Gasteiger charge is -2.15. The molecule has 0 aromatic heterocycles. The second-order valence-corrected chi connectivity index (χ2v) is 5.20. The van der Waals surface area contributed by atoms with Gasteiger partial charge in [0.15, 0.2) is 0 Å². The highest BCUT2D eigenvalue weighted by atomic mass is 32.2. The summed E-state index contributed by atoms with van der Waals surface area (Å²) in [5, 5.41) is 12.0. The maximum atomic E-state index is 11.6. The zero-order valence-electron chi connectivity index (χ0n) is 10.2. The molecule has 0 saturated carbocycles. The molecule has 3 nitrogen and oxygen atoms in total. The first-order valence-corrected chi connectivity index (χ1v) is 6.71. The number of carbonyl (C=O) groups excluding carboxylic acids is 1. The molecule has 1 aromatic carbocycles. The van der Waals surface area contributed by atoms with Crippen molar-refractivity contribution in [2.75, 3.05) is 5.75 Å². The molecule has 94 valence electrons. The van der Waals surface area contributed by atoms with Crippen LogP contribution in [0.3, 0.4) is 0 Å². The van der Waals surface area contributed by atoms with Gasteiger partial charge >= 0.3 is 0 Å². The van der Waals surface area contributed by atoms with Crippen LogP contribution in [0.4, 0.5) is 0 Å². The van der Waals surface area contributed by atoms with E-state index in [1.165, 1.54) is 11.8 Å². The summed E-state index contributed by atoms with van der Waals surface area (Å²) >= 11 is 1.51. The number of aliphatic hydroxyl groups is 1. The second-order valence-electron chi connectivity index (χ2n) is 4.16. The summed E-state index contributed by atoms with van der Waals surface area (Å²) in [5.74, 6) is 0.417. The molecule has 0 saturated heterocycles. The standard InChI is InChI=1S/C13H19NO2S/c1-10(8-11(2)15)14-13(16)9-17-12-6-4-3-5-7-12/h3-7,10-11,15H,8-9H2,1-2H3,(H,14,16). The molecule has 0 aliphatic heterocycles. The van der Waals surface area contributed by atoms with Gasteiger partial charge in [-0.05, 0) is 32.4 Å². The van der Waals surface area contributed by atoms with E-state index in [4.69, 9.17) is 0 Å². The summed E-state index contributed by atoms with van der Waals surface area (Å²) in [6.45, 7) is 3.62. The normalized spacial score (nSPS) is 14.1. The number of amides is 1. The first-order chi connectivity index (χ1) is 8.08. The van der Waals surface area contributed by atoms with E-state index in [1.807, 2.05) is 37.3 Å². The van der Waals surface area contributed by atoms with Crippen LogP contribution in [0.15, 0.2) is 35.2 Å². The van der Waals surface area contributed by atoms with Crippen LogP contribution in [-0.2, 0) is 4.79 Å². The number of aliphatic hydroxyl groups excluding tert-OH is 1. The first-order valence-electron chi connectivity index (χ1n) is 5.73. The second kappa shape index (κ2) is 7.35. The molecule has 2 N–H and O–H groups in total. The van der Waals surface area contributed by atoms with Gasteiger partial charge in [0.05, 0.1) is 11.9 Å². The minimum Gasteiger partial charge on any atom is -0.393 e. The molecule has 1 rings (SSSR count). The third kappa shape index (κ3) is 6.34. The van der Waals surface area contributed by atoms with Crippen molar-refractivity contribution in [3.8, 4) is 0 Å². The van der Waals surface area contributed by atoms with E-state index in [2.05, 4.69) is 5.32 Å². The van der Waals surface area contributed by atoms with Crippen LogP contribution in [-0.4, -0.2) is 28.9 Å². The minimum atomic E-state index is -0.382. The number of benzene rings is 1. The number of rotatable bonds is 6. The average Bonchev–Trinajstić information content (AvgIpc) is 2.26. The van der Waals surface area contributed by atoms with E-state index >= 15 is 0 Å². The zero-order valence-corrected chi connectivity index (χ0v) is 11.0. The Morgan fingerprint density at radius 1 is 1.35 bits per heavy atom. The van der Waals surface area contributed by atoms with Gasteiger partial charge in [0, 0.05) is 10.9 Å². The molecule has 1 amide bonds. The van der Waals surface area contributed by atoms with Gasteiger partial charge in [0.25, 0.3) is 0 Å². The van der Waals surface area contributed by atoms with E-state index in [-0.39, 0.29) is 18.1 Å². The summed E-state index contributed by atoms with van der Waals surface area (Å²) in [6.07, 6.45) is 0.203. The number of hydrogen-bond donors (Lipinski definition) is 2. The molecule has 0 aliphatic rings. The van der Waals surface area contributed by atoms with Crippen molar-refractivity contribution in [2.24, 2.45) is 0 Å². The topological polar surface area (TPSA) is 49.3 Å². The summed E-state index contributed by atoms with van der Waals surface area (Å²) in [4.78, 5) is 12.7. The Kier molecular flexibility index (Phi) is 6.08. The van der Waals surface area contributed by atoms with Gasteiger partial charge in [-0.2, -0.15) is 0 Å². The predicted octanol–water partition coefficient (Wildman–Crippen LogP) is 2.05. The lowest BCUT2D eigenvalue weighted by molar-refractivity contribution is -0.119. The fraction of sp³-hybridized carbons (Fsp3) is 0.462. The monoisotopic (exact) mass is 253 g/mol. The number of hydrogen-bond acceptors (Lipinski definition) is 3. The molecule has 4 heteroatoms. The summed E-state index contributed by atoms with van der Waals surface area (Å²) in [5.41, 5.74) is 0. The molecule has 2 atom stereocenters. The molecule has 0 spiro atoms. The van der Waals surface area contributed by atoms with Crippen molar-refractivity contribution >= 4 is 17.7 Å². The molecule has 2 unspecified atom stereocenters. The fourth-order valence-corrected chi connectivity index (χ4v) is 2.28. The minimum absolute atomic E-state index is 0.00648. The third-order valence-corrected chi connectivity index (χ3v) is 3.23. The van der Waals surface area contributed by atoms with Crippen LogP contribution < -0.4 is 5.32 Å². The summed E-state index contributed by atoms with van der Waals surface area (Å²) in [7, 11) is 0. The lowest BCUT2D eigenvalue weighted by atomic mass is 10.1. The van der Waals surface area contributed by atoms with E-state index in [0.29, 0.717) is 12.2 Å². The lowest BCUT2D eigenvalue weighted by Crippen LogP contribution is -2.35. The van der Waals surface area contributed by atoms with Crippen LogP contribution >= 0.6 is 11.8 Å². The fourth-order valence-electron chi connectivity index (χ4n) is 1.55. The molecule has 0 radical (unpaired) electrons. The highest BCUT2D eigenvalue weighted by Gasteiger charge is 2.09. The van der Waals surface area contributed by atoms with Crippen LogP contribution in [0, 0.1) is 0 Å². The molecule has 0 heterocycles. The summed E-state index contributed by atoms with van der Waals surface area (Å²) < 4.78 is 0. The highest BCUT2D eigenvalue weighted by Crippen LogP contribution is 2.16. The third-order valence-electron chi connectivity index (χ3n) is 2.22. The Labute approximate surface area is 107 Å². The van der Waals surface area contributed by atoms with Crippen molar-refractivity contribution in [1.82, 2.24) is 5.32 Å². The van der Waals surface area contributed by atoms with Crippen molar-refractivity contribution < 1.29 is 9.90 Å². The van der Waals surface area contributed by atoms with Gasteiger partial charge in [-0.15, -0.1) is 11.8 Å². The Hall–Kier alpha value is -1.00. The number of thioether (sulfide) groups is 1. The average molecular weight is 253 g/mol. The van der Waals surface area contributed by atoms with E-state index in [0.717, 1.165) is 4.90 Å². The Morgan fingerprint density at radius 3 is 2.59 bits per heavy atom. The number of carbonyl (C=O) groups is 1. The molecular weight excluding hydrogens is 234 g/mol. The van der Waals surface area contributed by atoms with Gasteiger partial charge in [-0.1, -0.05) is 18.2 Å². The molecule has 0 aliphatic carbocycles. The number of nitrogens with one attached hydrogen (secondary N) is 1. The van der Waals surface area contributed by atoms with Crippen molar-refractivity contribution in [2.45, 2.75) is 37.3 Å². The maximum absolute atomic E-state index is 11.6. The van der Waals surface area contributed by atoms with Crippen LogP contribution in [0.5, 0.6) is 0 Å². The Morgan fingerprint density at radius 2 is 2.00 bits per heavy atom. The van der Waals surface area contributed by atoms with Crippen molar-refractivity contribution in [3.05, 3.63) is 30.3 Å². The van der Waals surface area contributed by atoms with Crippen LogP contribution in [0.1, 0.15) is 20.3 Å². The van der Waals surface area contributed by atoms with Gasteiger partial charge < -0.3 is 10.4 Å². The zero-order chi connectivity index (χ0) is 12.7. The molecule has 1 aromatic rings. The Bertz CT molecular complexity index is 341. The smallest absolute Gasteiger partial charge is 0.230 e. The SMILES string of the molecule is CC(O)CC(C)NC(=O)CSc1ccccc1. The maximum Gasteiger partial charge on any atom is 0.230 e. The van der Waals surface area contributed by atoms with Crippen LogP contribution in [0.25, 0.3) is 0 Å². The largest absolute Gasteiger partial charge is 0.393 e. The van der Waals surface area contributed by atoms with Gasteiger partial charge in [0.1, 0.15) is 0 Å². The van der Waals surface area contributed by atoms with E-state index in [1.54, 1.807) is 6.92 Å². The molecular formula is C13H19NO2S. The quantitative estimate of drug-likeness (QED) is 0.763. The van der Waals surface area contributed by atoms with Gasteiger partial charge in [0.2, 0.25) is 5.91 Å². The van der Waals surface area contributed by atoms with E-state index in [9.17, 15) is 9.90 Å². The van der Waals surface area contributed by atoms with Crippen LogP contribution in [0.2, 0.25) is 0 Å². The predicted molar refractivity (Wildman–Crippen MR) is 71.1 cm³/mol. The molecule has 0 fully saturated rings. The molecule has 0 bridgehead atoms. The highest BCUT2D eigenvalue weighted by molar-refractivity contribution is 8.00. The summed E-state index contributed by atoms with van der Waals surface area (Å²) in [6, 6.07) is 9.84.